The molecule has 2 atom stereocenters. The molecule has 0 aromatic heterocycles. The van der Waals surface area contributed by atoms with Crippen molar-refractivity contribution < 1.29 is 14.3 Å². The van der Waals surface area contributed by atoms with E-state index in [4.69, 9.17) is 9.47 Å². The van der Waals surface area contributed by atoms with Crippen molar-refractivity contribution in [3.8, 4) is 5.75 Å². The molecule has 0 heterocycles. The van der Waals surface area contributed by atoms with Crippen LogP contribution < -0.4 is 10.1 Å². The number of rotatable bonds is 6. The zero-order valence-electron chi connectivity index (χ0n) is 15.7. The lowest BCUT2D eigenvalue weighted by atomic mass is 9.78. The number of ether oxygens (including phenoxy) is 2. The lowest BCUT2D eigenvalue weighted by Gasteiger charge is -2.38. The minimum atomic E-state index is -0.688. The average molecular weight is 333 g/mol. The molecule has 1 amide bonds. The van der Waals surface area contributed by atoms with Crippen LogP contribution in [0.15, 0.2) is 12.1 Å². The zero-order chi connectivity index (χ0) is 17.7. The standard InChI is InChI=1S/C20H31NO3/c1-6-23-18-15(4)11-17(12-16(18)5)21-19(22)20(24-7-2)10-8-9-14(3)13-20/h11-12,14H,6-10,13H2,1-5H3,(H,21,22). The van der Waals surface area contributed by atoms with Gasteiger partial charge in [-0.2, -0.15) is 0 Å². The summed E-state index contributed by atoms with van der Waals surface area (Å²) in [6.07, 6.45) is 3.80. The fourth-order valence-corrected chi connectivity index (χ4v) is 3.82. The number of carbonyl (C=O) groups is 1. The van der Waals surface area contributed by atoms with Crippen LogP contribution >= 0.6 is 0 Å². The van der Waals surface area contributed by atoms with E-state index in [1.165, 1.54) is 6.42 Å². The topological polar surface area (TPSA) is 47.6 Å². The Morgan fingerprint density at radius 3 is 2.46 bits per heavy atom. The van der Waals surface area contributed by atoms with Gasteiger partial charge in [-0.3, -0.25) is 4.79 Å². The molecule has 2 rings (SSSR count). The maximum atomic E-state index is 13.0. The highest BCUT2D eigenvalue weighted by Crippen LogP contribution is 2.36. The van der Waals surface area contributed by atoms with E-state index in [1.807, 2.05) is 39.8 Å². The van der Waals surface area contributed by atoms with Gasteiger partial charge in [0.15, 0.2) is 0 Å². The minimum Gasteiger partial charge on any atom is -0.493 e. The van der Waals surface area contributed by atoms with Crippen LogP contribution in [0.25, 0.3) is 0 Å². The molecule has 24 heavy (non-hydrogen) atoms. The van der Waals surface area contributed by atoms with Gasteiger partial charge in [-0.1, -0.05) is 13.3 Å². The van der Waals surface area contributed by atoms with Crippen molar-refractivity contribution in [2.75, 3.05) is 18.5 Å². The third-order valence-electron chi connectivity index (χ3n) is 4.80. The van der Waals surface area contributed by atoms with Crippen LogP contribution in [0.5, 0.6) is 5.75 Å². The zero-order valence-corrected chi connectivity index (χ0v) is 15.7. The molecule has 1 aromatic rings. The van der Waals surface area contributed by atoms with Gasteiger partial charge in [0.1, 0.15) is 11.4 Å². The second-order valence-electron chi connectivity index (χ2n) is 6.96. The Hall–Kier alpha value is -1.55. The maximum absolute atomic E-state index is 13.0. The Bertz CT molecular complexity index is 557. The first-order chi connectivity index (χ1) is 11.4. The first-order valence-corrected chi connectivity index (χ1v) is 9.11. The van der Waals surface area contributed by atoms with Crippen LogP contribution in [-0.4, -0.2) is 24.7 Å². The number of benzene rings is 1. The summed E-state index contributed by atoms with van der Waals surface area (Å²) in [4.78, 5) is 13.0. The van der Waals surface area contributed by atoms with Crippen LogP contribution in [0.2, 0.25) is 0 Å². The highest BCUT2D eigenvalue weighted by atomic mass is 16.5. The number of carbonyl (C=O) groups excluding carboxylic acids is 1. The van der Waals surface area contributed by atoms with Gasteiger partial charge >= 0.3 is 0 Å². The molecule has 0 spiro atoms. The van der Waals surface area contributed by atoms with E-state index in [0.29, 0.717) is 19.1 Å². The van der Waals surface area contributed by atoms with Gasteiger partial charge in [0.25, 0.3) is 5.91 Å². The van der Waals surface area contributed by atoms with Crippen LogP contribution in [0, 0.1) is 19.8 Å². The summed E-state index contributed by atoms with van der Waals surface area (Å²) in [5, 5.41) is 3.09. The summed E-state index contributed by atoms with van der Waals surface area (Å²) in [6, 6.07) is 3.95. The molecule has 0 aliphatic heterocycles. The smallest absolute Gasteiger partial charge is 0.256 e. The van der Waals surface area contributed by atoms with E-state index in [-0.39, 0.29) is 5.91 Å². The van der Waals surface area contributed by atoms with Crippen LogP contribution in [0.4, 0.5) is 5.69 Å². The Morgan fingerprint density at radius 1 is 1.25 bits per heavy atom. The van der Waals surface area contributed by atoms with Gasteiger partial charge in [0.05, 0.1) is 6.61 Å². The van der Waals surface area contributed by atoms with E-state index in [0.717, 1.165) is 41.8 Å². The lowest BCUT2D eigenvalue weighted by Crippen LogP contribution is -2.48. The molecular formula is C20H31NO3. The fraction of sp³-hybridized carbons (Fsp3) is 0.650. The summed E-state index contributed by atoms with van der Waals surface area (Å²) < 4.78 is 11.6. The first kappa shape index (κ1) is 18.8. The summed E-state index contributed by atoms with van der Waals surface area (Å²) in [7, 11) is 0. The number of hydrogen-bond donors (Lipinski definition) is 1. The molecule has 4 nitrogen and oxygen atoms in total. The first-order valence-electron chi connectivity index (χ1n) is 9.11. The molecule has 134 valence electrons. The number of amides is 1. The summed E-state index contributed by atoms with van der Waals surface area (Å²) in [6.45, 7) is 11.3. The maximum Gasteiger partial charge on any atom is 0.256 e. The van der Waals surface area contributed by atoms with Crippen molar-refractivity contribution in [1.82, 2.24) is 0 Å². The van der Waals surface area contributed by atoms with Crippen LogP contribution in [0.1, 0.15) is 57.6 Å². The number of nitrogens with one attached hydrogen (secondary N) is 1. The second-order valence-corrected chi connectivity index (χ2v) is 6.96. The molecule has 0 saturated heterocycles. The van der Waals surface area contributed by atoms with E-state index in [2.05, 4.69) is 12.2 Å². The van der Waals surface area contributed by atoms with Crippen LogP contribution in [0.3, 0.4) is 0 Å². The van der Waals surface area contributed by atoms with Gasteiger partial charge in [-0.05, 0) is 76.1 Å². The van der Waals surface area contributed by atoms with Crippen molar-refractivity contribution in [2.45, 2.75) is 65.9 Å². The van der Waals surface area contributed by atoms with Gasteiger partial charge in [-0.25, -0.2) is 0 Å². The number of aryl methyl sites for hydroxylation is 2. The molecule has 4 heteroatoms. The Labute approximate surface area is 145 Å². The van der Waals surface area contributed by atoms with E-state index < -0.39 is 5.60 Å². The van der Waals surface area contributed by atoms with Crippen LogP contribution in [-0.2, 0) is 9.53 Å². The molecule has 0 radical (unpaired) electrons. The van der Waals surface area contributed by atoms with Crippen molar-refractivity contribution in [1.29, 1.82) is 0 Å². The predicted molar refractivity (Wildman–Crippen MR) is 97.7 cm³/mol. The average Bonchev–Trinajstić information content (AvgIpc) is 2.51. The van der Waals surface area contributed by atoms with E-state index in [1.54, 1.807) is 0 Å². The fourth-order valence-electron chi connectivity index (χ4n) is 3.82. The normalized spacial score (nSPS) is 23.8. The number of hydrogen-bond acceptors (Lipinski definition) is 3. The highest BCUT2D eigenvalue weighted by molar-refractivity contribution is 5.97. The molecule has 1 aliphatic rings. The van der Waals surface area contributed by atoms with E-state index in [9.17, 15) is 4.79 Å². The van der Waals surface area contributed by atoms with E-state index >= 15 is 0 Å². The quantitative estimate of drug-likeness (QED) is 0.826. The molecule has 2 unspecified atom stereocenters. The molecule has 0 bridgehead atoms. The summed E-state index contributed by atoms with van der Waals surface area (Å²) >= 11 is 0. The van der Waals surface area contributed by atoms with Gasteiger partial charge < -0.3 is 14.8 Å². The van der Waals surface area contributed by atoms with Gasteiger partial charge in [0, 0.05) is 12.3 Å². The van der Waals surface area contributed by atoms with Gasteiger partial charge in [-0.15, -0.1) is 0 Å². The Kier molecular flexibility index (Phi) is 6.27. The van der Waals surface area contributed by atoms with Gasteiger partial charge in [0.2, 0.25) is 0 Å². The van der Waals surface area contributed by atoms with Crippen molar-refractivity contribution in [3.05, 3.63) is 23.3 Å². The Balaban J connectivity index is 2.21. The van der Waals surface area contributed by atoms with Crippen molar-refractivity contribution in [3.63, 3.8) is 0 Å². The largest absolute Gasteiger partial charge is 0.493 e. The third-order valence-corrected chi connectivity index (χ3v) is 4.80. The summed E-state index contributed by atoms with van der Waals surface area (Å²) in [5.41, 5.74) is 2.20. The SMILES string of the molecule is CCOc1c(C)cc(NC(=O)C2(OCC)CCCC(C)C2)cc1C. The number of anilines is 1. The molecular weight excluding hydrogens is 302 g/mol. The van der Waals surface area contributed by atoms with Crippen molar-refractivity contribution >= 4 is 11.6 Å². The van der Waals surface area contributed by atoms with Crippen molar-refractivity contribution in [2.24, 2.45) is 5.92 Å². The second kappa shape index (κ2) is 8.02. The predicted octanol–water partition coefficient (Wildman–Crippen LogP) is 4.63. The molecule has 1 saturated carbocycles. The summed E-state index contributed by atoms with van der Waals surface area (Å²) in [5.74, 6) is 1.40. The molecule has 1 fully saturated rings. The third kappa shape index (κ3) is 4.10. The Morgan fingerprint density at radius 2 is 1.92 bits per heavy atom. The molecule has 1 aliphatic carbocycles. The monoisotopic (exact) mass is 333 g/mol. The highest BCUT2D eigenvalue weighted by Gasteiger charge is 2.42. The minimum absolute atomic E-state index is 0.0149. The lowest BCUT2D eigenvalue weighted by molar-refractivity contribution is -0.147. The molecule has 1 aromatic carbocycles. The molecule has 1 N–H and O–H groups in total.